The molecule has 10 heteroatoms. The summed E-state index contributed by atoms with van der Waals surface area (Å²) in [6.07, 6.45) is 1.72. The number of primary sulfonamides is 1. The highest BCUT2D eigenvalue weighted by atomic mass is 32.2. The molecule has 0 fully saturated rings. The van der Waals surface area contributed by atoms with E-state index in [9.17, 15) is 21.6 Å². The van der Waals surface area contributed by atoms with Gasteiger partial charge < -0.3 is 5.32 Å². The Hall–Kier alpha value is -1.49. The molecule has 0 spiro atoms. The lowest BCUT2D eigenvalue weighted by atomic mass is 10.1. The van der Waals surface area contributed by atoms with E-state index in [-0.39, 0.29) is 29.8 Å². The van der Waals surface area contributed by atoms with E-state index < -0.39 is 20.0 Å². The van der Waals surface area contributed by atoms with Gasteiger partial charge in [0.2, 0.25) is 26.0 Å². The van der Waals surface area contributed by atoms with Gasteiger partial charge in [-0.3, -0.25) is 4.79 Å². The molecule has 1 aromatic rings. The molecule has 1 rings (SSSR count). The SMILES string of the molecule is CC(C)N(CCC(=O)NCCc1ccc(S(N)(=O)=O)cc1)S(C)(=O)=O. The standard InChI is InChI=1S/C15H25N3O5S2/c1-12(2)18(24(3,20)21)11-9-15(19)17-10-8-13-4-6-14(7-5-13)25(16,22)23/h4-7,12H,8-11H2,1-3H3,(H,17,19)(H2,16,22,23). The van der Waals surface area contributed by atoms with Gasteiger partial charge in [0.15, 0.2) is 0 Å². The van der Waals surface area contributed by atoms with Crippen molar-refractivity contribution in [2.45, 2.75) is 37.6 Å². The van der Waals surface area contributed by atoms with Gasteiger partial charge in [0.05, 0.1) is 11.2 Å². The summed E-state index contributed by atoms with van der Waals surface area (Å²) in [5, 5.41) is 7.74. The van der Waals surface area contributed by atoms with Crippen LogP contribution >= 0.6 is 0 Å². The molecule has 3 N–H and O–H groups in total. The molecular weight excluding hydrogens is 366 g/mol. The van der Waals surface area contributed by atoms with Gasteiger partial charge in [0.1, 0.15) is 0 Å². The Bertz CT molecular complexity index is 787. The van der Waals surface area contributed by atoms with E-state index in [1.165, 1.54) is 16.4 Å². The van der Waals surface area contributed by atoms with Crippen LogP contribution in [0.25, 0.3) is 0 Å². The van der Waals surface area contributed by atoms with Gasteiger partial charge in [-0.05, 0) is 38.0 Å². The maximum atomic E-state index is 11.8. The molecule has 142 valence electrons. The molecule has 0 saturated carbocycles. The first-order valence-electron chi connectivity index (χ1n) is 7.76. The molecule has 0 aliphatic rings. The van der Waals surface area contributed by atoms with E-state index in [1.807, 2.05) is 0 Å². The van der Waals surface area contributed by atoms with Crippen LogP contribution in [0.1, 0.15) is 25.8 Å². The van der Waals surface area contributed by atoms with Crippen LogP contribution in [0.4, 0.5) is 0 Å². The summed E-state index contributed by atoms with van der Waals surface area (Å²) in [6.45, 7) is 4.01. The van der Waals surface area contributed by atoms with Crippen molar-refractivity contribution in [1.29, 1.82) is 0 Å². The molecule has 0 bridgehead atoms. The third-order valence-corrected chi connectivity index (χ3v) is 5.93. The maximum Gasteiger partial charge on any atom is 0.238 e. The van der Waals surface area contributed by atoms with Crippen molar-refractivity contribution in [3.63, 3.8) is 0 Å². The van der Waals surface area contributed by atoms with Crippen molar-refractivity contribution in [3.8, 4) is 0 Å². The second kappa shape index (κ2) is 8.75. The van der Waals surface area contributed by atoms with Crippen LogP contribution < -0.4 is 10.5 Å². The number of carbonyl (C=O) groups is 1. The second-order valence-electron chi connectivity index (χ2n) is 6.01. The Kier molecular flexibility index (Phi) is 7.54. The Balaban J connectivity index is 2.45. The number of hydrogen-bond acceptors (Lipinski definition) is 5. The third kappa shape index (κ3) is 7.51. The summed E-state index contributed by atoms with van der Waals surface area (Å²) in [5.41, 5.74) is 0.854. The van der Waals surface area contributed by atoms with E-state index in [0.29, 0.717) is 13.0 Å². The highest BCUT2D eigenvalue weighted by Gasteiger charge is 2.20. The van der Waals surface area contributed by atoms with E-state index in [2.05, 4.69) is 5.32 Å². The van der Waals surface area contributed by atoms with Gasteiger partial charge in [-0.15, -0.1) is 0 Å². The number of carbonyl (C=O) groups excluding carboxylic acids is 1. The molecule has 0 aliphatic carbocycles. The summed E-state index contributed by atoms with van der Waals surface area (Å²) in [6, 6.07) is 5.89. The maximum absolute atomic E-state index is 11.8. The number of sulfonamides is 2. The molecule has 25 heavy (non-hydrogen) atoms. The topological polar surface area (TPSA) is 127 Å². The lowest BCUT2D eigenvalue weighted by Gasteiger charge is -2.23. The molecule has 0 saturated heterocycles. The highest BCUT2D eigenvalue weighted by Crippen LogP contribution is 2.09. The fourth-order valence-electron chi connectivity index (χ4n) is 2.30. The molecule has 0 atom stereocenters. The summed E-state index contributed by atoms with van der Waals surface area (Å²) >= 11 is 0. The van der Waals surface area contributed by atoms with E-state index >= 15 is 0 Å². The van der Waals surface area contributed by atoms with Crippen LogP contribution in [0, 0.1) is 0 Å². The molecule has 1 amide bonds. The first-order chi connectivity index (χ1) is 11.4. The van der Waals surface area contributed by atoms with Gasteiger partial charge in [-0.1, -0.05) is 12.1 Å². The van der Waals surface area contributed by atoms with E-state index in [4.69, 9.17) is 5.14 Å². The van der Waals surface area contributed by atoms with Crippen LogP contribution in [-0.4, -0.2) is 52.4 Å². The first-order valence-corrected chi connectivity index (χ1v) is 11.2. The van der Waals surface area contributed by atoms with Gasteiger partial charge in [0.25, 0.3) is 0 Å². The predicted octanol–water partition coefficient (Wildman–Crippen LogP) is 0.0528. The minimum atomic E-state index is -3.71. The third-order valence-electron chi connectivity index (χ3n) is 3.55. The van der Waals surface area contributed by atoms with Crippen molar-refractivity contribution in [1.82, 2.24) is 9.62 Å². The van der Waals surface area contributed by atoms with E-state index in [1.54, 1.807) is 26.0 Å². The summed E-state index contributed by atoms with van der Waals surface area (Å²) < 4.78 is 46.9. The zero-order chi connectivity index (χ0) is 19.3. The smallest absolute Gasteiger partial charge is 0.238 e. The number of nitrogens with zero attached hydrogens (tertiary/aromatic N) is 1. The monoisotopic (exact) mass is 391 g/mol. The van der Waals surface area contributed by atoms with Crippen molar-refractivity contribution in [2.24, 2.45) is 5.14 Å². The lowest BCUT2D eigenvalue weighted by Crippen LogP contribution is -2.39. The van der Waals surface area contributed by atoms with Gasteiger partial charge >= 0.3 is 0 Å². The zero-order valence-electron chi connectivity index (χ0n) is 14.6. The average Bonchev–Trinajstić information content (AvgIpc) is 2.45. The van der Waals surface area contributed by atoms with E-state index in [0.717, 1.165) is 11.8 Å². The summed E-state index contributed by atoms with van der Waals surface area (Å²) in [4.78, 5) is 11.9. The van der Waals surface area contributed by atoms with Crippen LogP contribution in [0.5, 0.6) is 0 Å². The number of amides is 1. The Labute approximate surface area is 149 Å². The minimum Gasteiger partial charge on any atom is -0.356 e. The molecule has 0 radical (unpaired) electrons. The number of hydrogen-bond donors (Lipinski definition) is 2. The molecule has 1 aromatic carbocycles. The van der Waals surface area contributed by atoms with Crippen LogP contribution in [0.15, 0.2) is 29.2 Å². The second-order valence-corrected chi connectivity index (χ2v) is 9.50. The fraction of sp³-hybridized carbons (Fsp3) is 0.533. The number of benzene rings is 1. The lowest BCUT2D eigenvalue weighted by molar-refractivity contribution is -0.121. The fourth-order valence-corrected chi connectivity index (χ4v) is 4.00. The van der Waals surface area contributed by atoms with Crippen molar-refractivity contribution < 1.29 is 21.6 Å². The largest absolute Gasteiger partial charge is 0.356 e. The Morgan fingerprint density at radius 1 is 1.16 bits per heavy atom. The highest BCUT2D eigenvalue weighted by molar-refractivity contribution is 7.89. The number of nitrogens with one attached hydrogen (secondary N) is 1. The van der Waals surface area contributed by atoms with Crippen LogP contribution in [0.3, 0.4) is 0 Å². The molecular formula is C15H25N3O5S2. The average molecular weight is 392 g/mol. The zero-order valence-corrected chi connectivity index (χ0v) is 16.2. The van der Waals surface area contributed by atoms with Gasteiger partial charge in [-0.25, -0.2) is 22.0 Å². The van der Waals surface area contributed by atoms with Gasteiger partial charge in [-0.2, -0.15) is 4.31 Å². The van der Waals surface area contributed by atoms with Crippen LogP contribution in [0.2, 0.25) is 0 Å². The molecule has 0 unspecified atom stereocenters. The molecule has 0 heterocycles. The minimum absolute atomic E-state index is 0.0369. The normalized spacial score (nSPS) is 12.6. The quantitative estimate of drug-likeness (QED) is 0.615. The molecule has 0 aromatic heterocycles. The first kappa shape index (κ1) is 21.6. The van der Waals surface area contributed by atoms with Gasteiger partial charge in [0, 0.05) is 25.6 Å². The molecule has 0 aliphatic heterocycles. The Morgan fingerprint density at radius 3 is 2.16 bits per heavy atom. The summed E-state index contributed by atoms with van der Waals surface area (Å²) in [7, 11) is -7.06. The van der Waals surface area contributed by atoms with Crippen molar-refractivity contribution in [3.05, 3.63) is 29.8 Å². The van der Waals surface area contributed by atoms with Crippen molar-refractivity contribution >= 4 is 26.0 Å². The van der Waals surface area contributed by atoms with Crippen molar-refractivity contribution in [2.75, 3.05) is 19.3 Å². The summed E-state index contributed by atoms with van der Waals surface area (Å²) in [5.74, 6) is -0.240. The number of nitrogens with two attached hydrogens (primary N) is 1. The molecule has 8 nitrogen and oxygen atoms in total. The Morgan fingerprint density at radius 2 is 1.72 bits per heavy atom. The number of rotatable bonds is 9. The predicted molar refractivity (Wildman–Crippen MR) is 95.8 cm³/mol. The van der Waals surface area contributed by atoms with Crippen LogP contribution in [-0.2, 0) is 31.3 Å².